The van der Waals surface area contributed by atoms with Crippen LogP contribution in [-0.4, -0.2) is 60.1 Å². The van der Waals surface area contributed by atoms with Crippen molar-refractivity contribution in [3.05, 3.63) is 28.2 Å². The smallest absolute Gasteiger partial charge is 0.308 e. The van der Waals surface area contributed by atoms with Gasteiger partial charge in [-0.1, -0.05) is 20.8 Å². The molecule has 1 aromatic rings. The molecule has 2 amide bonds. The van der Waals surface area contributed by atoms with Crippen molar-refractivity contribution in [2.24, 2.45) is 5.92 Å². The standard InChI is InChI=1S/C22H30BrN3O5S/c1-4-10-31-19(27)13-17-21(29)24-8-9-26(17)22(32)25-20(28)15-5-6-18(16(23)12-15)30-11-7-14(2)3/h5-6,12,14,17H,4,7-11,13H2,1-3H3,(H,24,29)(H,25,28,32). The Bertz CT molecular complexity index is 849. The predicted molar refractivity (Wildman–Crippen MR) is 129 cm³/mol. The van der Waals surface area contributed by atoms with Crippen LogP contribution in [0.4, 0.5) is 0 Å². The van der Waals surface area contributed by atoms with Crippen LogP contribution < -0.4 is 15.4 Å². The van der Waals surface area contributed by atoms with E-state index in [2.05, 4.69) is 40.4 Å². The number of nitrogens with one attached hydrogen (secondary N) is 2. The van der Waals surface area contributed by atoms with Crippen LogP contribution in [0, 0.1) is 5.92 Å². The number of nitrogens with zero attached hydrogens (tertiary/aromatic N) is 1. The number of carbonyl (C=O) groups excluding carboxylic acids is 3. The van der Waals surface area contributed by atoms with E-state index in [1.165, 1.54) is 0 Å². The number of benzene rings is 1. The molecule has 32 heavy (non-hydrogen) atoms. The Hall–Kier alpha value is -2.20. The number of amides is 2. The van der Waals surface area contributed by atoms with Gasteiger partial charge in [0.1, 0.15) is 11.8 Å². The van der Waals surface area contributed by atoms with Gasteiger partial charge in [0, 0.05) is 18.7 Å². The topological polar surface area (TPSA) is 97.0 Å². The van der Waals surface area contributed by atoms with Crippen LogP contribution in [0.2, 0.25) is 0 Å². The van der Waals surface area contributed by atoms with Gasteiger partial charge in [-0.05, 0) is 65.1 Å². The van der Waals surface area contributed by atoms with E-state index in [4.69, 9.17) is 21.7 Å². The van der Waals surface area contributed by atoms with Crippen molar-refractivity contribution in [2.45, 2.75) is 46.1 Å². The van der Waals surface area contributed by atoms with Gasteiger partial charge < -0.3 is 19.7 Å². The normalized spacial score (nSPS) is 15.8. The van der Waals surface area contributed by atoms with Crippen LogP contribution in [0.1, 0.15) is 50.4 Å². The molecule has 0 saturated carbocycles. The second-order valence-electron chi connectivity index (χ2n) is 7.86. The fraction of sp³-hybridized carbons (Fsp3) is 0.545. The average molecular weight is 528 g/mol. The predicted octanol–water partition coefficient (Wildman–Crippen LogP) is 3.03. The second-order valence-corrected chi connectivity index (χ2v) is 9.10. The summed E-state index contributed by atoms with van der Waals surface area (Å²) < 4.78 is 11.5. The van der Waals surface area contributed by atoms with Gasteiger partial charge >= 0.3 is 5.97 Å². The molecule has 1 atom stereocenters. The van der Waals surface area contributed by atoms with Crippen molar-refractivity contribution >= 4 is 51.0 Å². The van der Waals surface area contributed by atoms with Gasteiger partial charge in [0.15, 0.2) is 5.11 Å². The molecule has 176 valence electrons. The lowest BCUT2D eigenvalue weighted by Gasteiger charge is -2.36. The molecular formula is C22H30BrN3O5S. The number of hydrogen-bond donors (Lipinski definition) is 2. The van der Waals surface area contributed by atoms with Gasteiger partial charge in [0.25, 0.3) is 5.91 Å². The number of rotatable bonds is 9. The minimum atomic E-state index is -0.829. The van der Waals surface area contributed by atoms with Gasteiger partial charge in [0.2, 0.25) is 5.91 Å². The first-order chi connectivity index (χ1) is 15.2. The molecule has 1 heterocycles. The Morgan fingerprint density at radius 2 is 2.09 bits per heavy atom. The molecule has 2 N–H and O–H groups in total. The summed E-state index contributed by atoms with van der Waals surface area (Å²) in [6.45, 7) is 7.76. The maximum Gasteiger partial charge on any atom is 0.308 e. The Kier molecular flexibility index (Phi) is 10.4. The van der Waals surface area contributed by atoms with Crippen LogP contribution in [0.15, 0.2) is 22.7 Å². The second kappa shape index (κ2) is 12.7. The molecule has 1 aromatic carbocycles. The fourth-order valence-corrected chi connectivity index (χ4v) is 3.80. The highest BCUT2D eigenvalue weighted by Crippen LogP contribution is 2.26. The van der Waals surface area contributed by atoms with Crippen molar-refractivity contribution in [1.29, 1.82) is 0 Å². The van der Waals surface area contributed by atoms with Gasteiger partial charge in [-0.25, -0.2) is 0 Å². The van der Waals surface area contributed by atoms with Gasteiger partial charge in [-0.3, -0.25) is 19.7 Å². The van der Waals surface area contributed by atoms with Crippen LogP contribution >= 0.6 is 28.1 Å². The zero-order valence-electron chi connectivity index (χ0n) is 18.6. The van der Waals surface area contributed by atoms with Gasteiger partial charge in [0.05, 0.1) is 24.1 Å². The largest absolute Gasteiger partial charge is 0.492 e. The number of halogens is 1. The number of piperazine rings is 1. The first kappa shape index (κ1) is 26.1. The van der Waals surface area contributed by atoms with Crippen LogP contribution in [0.5, 0.6) is 5.75 Å². The summed E-state index contributed by atoms with van der Waals surface area (Å²) in [5.41, 5.74) is 0.385. The monoisotopic (exact) mass is 527 g/mol. The maximum absolute atomic E-state index is 12.7. The third-order valence-electron chi connectivity index (χ3n) is 4.79. The van der Waals surface area contributed by atoms with Crippen molar-refractivity contribution in [2.75, 3.05) is 26.3 Å². The van der Waals surface area contributed by atoms with E-state index in [0.717, 1.165) is 6.42 Å². The summed E-state index contributed by atoms with van der Waals surface area (Å²) in [7, 11) is 0. The molecule has 0 spiro atoms. The summed E-state index contributed by atoms with van der Waals surface area (Å²) in [4.78, 5) is 38.7. The average Bonchev–Trinajstić information content (AvgIpc) is 2.74. The molecule has 1 unspecified atom stereocenters. The zero-order chi connectivity index (χ0) is 23.7. The van der Waals surface area contributed by atoms with Crippen LogP contribution in [0.25, 0.3) is 0 Å². The third kappa shape index (κ3) is 7.74. The van der Waals surface area contributed by atoms with E-state index in [0.29, 0.717) is 54.4 Å². The van der Waals surface area contributed by atoms with E-state index in [1.807, 2.05) is 6.92 Å². The number of carbonyl (C=O) groups is 3. The summed E-state index contributed by atoms with van der Waals surface area (Å²) in [5, 5.41) is 5.47. The molecule has 8 nitrogen and oxygen atoms in total. The minimum absolute atomic E-state index is 0.0894. The maximum atomic E-state index is 12.7. The number of hydrogen-bond acceptors (Lipinski definition) is 6. The Labute approximate surface area is 202 Å². The van der Waals surface area contributed by atoms with E-state index in [-0.39, 0.29) is 17.4 Å². The van der Waals surface area contributed by atoms with Crippen LogP contribution in [0.3, 0.4) is 0 Å². The summed E-state index contributed by atoms with van der Waals surface area (Å²) in [6.07, 6.45) is 1.48. The van der Waals surface area contributed by atoms with E-state index in [9.17, 15) is 14.4 Å². The fourth-order valence-electron chi connectivity index (χ4n) is 3.00. The Balaban J connectivity index is 2.01. The van der Waals surface area contributed by atoms with Crippen molar-refractivity contribution in [3.63, 3.8) is 0 Å². The molecule has 1 fully saturated rings. The Morgan fingerprint density at radius 3 is 2.75 bits per heavy atom. The lowest BCUT2D eigenvalue weighted by molar-refractivity contribution is -0.147. The molecule has 1 aliphatic heterocycles. The highest BCUT2D eigenvalue weighted by molar-refractivity contribution is 9.10. The highest BCUT2D eigenvalue weighted by Gasteiger charge is 2.34. The van der Waals surface area contributed by atoms with E-state index >= 15 is 0 Å². The van der Waals surface area contributed by atoms with E-state index < -0.39 is 17.9 Å². The lowest BCUT2D eigenvalue weighted by atomic mass is 10.1. The SMILES string of the molecule is CCCOC(=O)CC1C(=O)NCCN1C(=S)NC(=O)c1ccc(OCCC(C)C)c(Br)c1. The Morgan fingerprint density at radius 1 is 1.34 bits per heavy atom. The molecule has 2 rings (SSSR count). The molecule has 0 aliphatic carbocycles. The van der Waals surface area contributed by atoms with Crippen molar-refractivity contribution in [1.82, 2.24) is 15.5 Å². The molecule has 10 heteroatoms. The number of ether oxygens (including phenoxy) is 2. The molecule has 1 saturated heterocycles. The molecule has 1 aliphatic rings. The third-order valence-corrected chi connectivity index (χ3v) is 5.74. The quantitative estimate of drug-likeness (QED) is 0.376. The van der Waals surface area contributed by atoms with Crippen LogP contribution in [-0.2, 0) is 14.3 Å². The molecule has 0 bridgehead atoms. The summed E-state index contributed by atoms with van der Waals surface area (Å²) >= 11 is 8.82. The summed E-state index contributed by atoms with van der Waals surface area (Å²) in [5.74, 6) is -0.0307. The minimum Gasteiger partial charge on any atom is -0.492 e. The molecular weight excluding hydrogens is 498 g/mol. The highest BCUT2D eigenvalue weighted by atomic mass is 79.9. The number of thiocarbonyl (C=S) groups is 1. The van der Waals surface area contributed by atoms with Crippen molar-refractivity contribution < 1.29 is 23.9 Å². The lowest BCUT2D eigenvalue weighted by Crippen LogP contribution is -2.60. The van der Waals surface area contributed by atoms with Crippen molar-refractivity contribution in [3.8, 4) is 5.75 Å². The molecule has 0 aromatic heterocycles. The first-order valence-corrected chi connectivity index (χ1v) is 11.9. The first-order valence-electron chi connectivity index (χ1n) is 10.7. The summed E-state index contributed by atoms with van der Waals surface area (Å²) in [6, 6.07) is 4.20. The van der Waals surface area contributed by atoms with Gasteiger partial charge in [-0.2, -0.15) is 0 Å². The van der Waals surface area contributed by atoms with Gasteiger partial charge in [-0.15, -0.1) is 0 Å². The van der Waals surface area contributed by atoms with E-state index in [1.54, 1.807) is 23.1 Å². The number of esters is 1. The molecule has 0 radical (unpaired) electrons. The zero-order valence-corrected chi connectivity index (χ0v) is 21.0.